The molecule has 1 aliphatic carbocycles. The zero-order chi connectivity index (χ0) is 13.4. The van der Waals surface area contributed by atoms with Gasteiger partial charge in [0.2, 0.25) is 5.91 Å². The van der Waals surface area contributed by atoms with Gasteiger partial charge >= 0.3 is 0 Å². The summed E-state index contributed by atoms with van der Waals surface area (Å²) >= 11 is 0. The molecule has 0 bridgehead atoms. The lowest BCUT2D eigenvalue weighted by Gasteiger charge is -2.14. The van der Waals surface area contributed by atoms with Crippen LogP contribution in [0, 0.1) is 11.8 Å². The molecule has 0 radical (unpaired) electrons. The van der Waals surface area contributed by atoms with Gasteiger partial charge in [0.25, 0.3) is 0 Å². The fourth-order valence-corrected chi connectivity index (χ4v) is 2.75. The Labute approximate surface area is 112 Å². The Morgan fingerprint density at radius 1 is 1.28 bits per heavy atom. The largest absolute Gasteiger partial charge is 0.356 e. The van der Waals surface area contributed by atoms with E-state index in [0.29, 0.717) is 0 Å². The van der Waals surface area contributed by atoms with Gasteiger partial charge in [-0.3, -0.25) is 4.79 Å². The summed E-state index contributed by atoms with van der Waals surface area (Å²) in [6, 6.07) is 0.252. The molecule has 3 nitrogen and oxygen atoms in total. The molecule has 2 unspecified atom stereocenters. The molecule has 0 aliphatic heterocycles. The van der Waals surface area contributed by atoms with E-state index in [2.05, 4.69) is 5.32 Å². The Morgan fingerprint density at radius 3 is 2.56 bits per heavy atom. The van der Waals surface area contributed by atoms with E-state index in [-0.39, 0.29) is 17.9 Å². The number of rotatable bonds is 8. The van der Waals surface area contributed by atoms with Gasteiger partial charge in [-0.15, -0.1) is 0 Å². The first-order valence-electron chi connectivity index (χ1n) is 7.63. The lowest BCUT2D eigenvalue weighted by molar-refractivity contribution is -0.124. The predicted octanol–water partition coefficient (Wildman–Crippen LogP) is 2.84. The van der Waals surface area contributed by atoms with Gasteiger partial charge in [-0.05, 0) is 32.1 Å². The maximum absolute atomic E-state index is 11.9. The molecule has 0 saturated heterocycles. The monoisotopic (exact) mass is 254 g/mol. The van der Waals surface area contributed by atoms with Crippen molar-refractivity contribution in [1.82, 2.24) is 5.32 Å². The molecule has 18 heavy (non-hydrogen) atoms. The predicted molar refractivity (Wildman–Crippen MR) is 76.2 cm³/mol. The molecule has 3 N–H and O–H groups in total. The third kappa shape index (κ3) is 6.39. The van der Waals surface area contributed by atoms with Crippen molar-refractivity contribution in [3.05, 3.63) is 0 Å². The zero-order valence-electron chi connectivity index (χ0n) is 12.1. The van der Waals surface area contributed by atoms with Gasteiger partial charge in [0.15, 0.2) is 0 Å². The van der Waals surface area contributed by atoms with E-state index in [1.165, 1.54) is 25.7 Å². The highest BCUT2D eigenvalue weighted by Gasteiger charge is 2.16. The fraction of sp³-hybridized carbons (Fsp3) is 0.933. The van der Waals surface area contributed by atoms with Gasteiger partial charge in [0, 0.05) is 18.5 Å². The second-order valence-electron chi connectivity index (χ2n) is 6.04. The highest BCUT2D eigenvalue weighted by molar-refractivity contribution is 5.78. The number of amides is 1. The number of carbonyl (C=O) groups excluding carboxylic acids is 1. The van der Waals surface area contributed by atoms with Crippen molar-refractivity contribution in [2.24, 2.45) is 17.6 Å². The van der Waals surface area contributed by atoms with E-state index in [1.807, 2.05) is 13.8 Å². The second kappa shape index (κ2) is 8.52. The number of hydrogen-bond acceptors (Lipinski definition) is 2. The average Bonchev–Trinajstić information content (AvgIpc) is 2.81. The summed E-state index contributed by atoms with van der Waals surface area (Å²) in [7, 11) is 0. The molecule has 1 fully saturated rings. The van der Waals surface area contributed by atoms with Crippen molar-refractivity contribution < 1.29 is 4.79 Å². The molecule has 1 rings (SSSR count). The Bertz CT molecular complexity index is 235. The van der Waals surface area contributed by atoms with E-state index in [1.54, 1.807) is 0 Å². The van der Waals surface area contributed by atoms with Crippen molar-refractivity contribution >= 4 is 5.91 Å². The molecule has 0 aromatic carbocycles. The number of hydrogen-bond donors (Lipinski definition) is 2. The Kier molecular flexibility index (Phi) is 7.33. The summed E-state index contributed by atoms with van der Waals surface area (Å²) in [6.45, 7) is 4.90. The molecule has 0 aromatic rings. The van der Waals surface area contributed by atoms with Crippen molar-refractivity contribution in [3.63, 3.8) is 0 Å². The standard InChI is InChI=1S/C15H30N2O/c1-12(6-5-7-13(2)16)15(18)17-11-10-14-8-3-4-9-14/h12-14H,3-11,16H2,1-2H3,(H,17,18). The Morgan fingerprint density at radius 2 is 1.94 bits per heavy atom. The first-order chi connectivity index (χ1) is 8.59. The third-order valence-electron chi connectivity index (χ3n) is 4.07. The van der Waals surface area contributed by atoms with Crippen LogP contribution in [0.3, 0.4) is 0 Å². The molecular weight excluding hydrogens is 224 g/mol. The maximum Gasteiger partial charge on any atom is 0.222 e. The molecule has 3 heteroatoms. The molecule has 1 aliphatic rings. The summed E-state index contributed by atoms with van der Waals surface area (Å²) in [4.78, 5) is 11.9. The van der Waals surface area contributed by atoms with Gasteiger partial charge in [0.05, 0.1) is 0 Å². The van der Waals surface area contributed by atoms with Gasteiger partial charge in [0.1, 0.15) is 0 Å². The van der Waals surface area contributed by atoms with Gasteiger partial charge in [-0.1, -0.05) is 39.0 Å². The Hall–Kier alpha value is -0.570. The summed E-state index contributed by atoms with van der Waals surface area (Å²) in [5.74, 6) is 1.21. The van der Waals surface area contributed by atoms with Crippen molar-refractivity contribution in [2.45, 2.75) is 71.3 Å². The molecule has 0 heterocycles. The van der Waals surface area contributed by atoms with E-state index >= 15 is 0 Å². The molecular formula is C15H30N2O. The van der Waals surface area contributed by atoms with E-state index < -0.39 is 0 Å². The third-order valence-corrected chi connectivity index (χ3v) is 4.07. The molecule has 1 amide bonds. The van der Waals surface area contributed by atoms with Crippen molar-refractivity contribution in [2.75, 3.05) is 6.54 Å². The van der Waals surface area contributed by atoms with Gasteiger partial charge in [-0.2, -0.15) is 0 Å². The summed E-state index contributed by atoms with van der Waals surface area (Å²) in [6.07, 6.45) is 9.67. The first-order valence-corrected chi connectivity index (χ1v) is 7.63. The van der Waals surface area contributed by atoms with Gasteiger partial charge in [-0.25, -0.2) is 0 Å². The molecule has 0 aromatic heterocycles. The highest BCUT2D eigenvalue weighted by atomic mass is 16.1. The van der Waals surface area contributed by atoms with Crippen LogP contribution in [0.2, 0.25) is 0 Å². The minimum absolute atomic E-state index is 0.132. The molecule has 0 spiro atoms. The maximum atomic E-state index is 11.9. The minimum atomic E-state index is 0.132. The van der Waals surface area contributed by atoms with Crippen LogP contribution in [0.25, 0.3) is 0 Å². The van der Waals surface area contributed by atoms with E-state index in [0.717, 1.165) is 38.1 Å². The molecule has 106 valence electrons. The SMILES string of the molecule is CC(N)CCCC(C)C(=O)NCCC1CCCC1. The average molecular weight is 254 g/mol. The van der Waals surface area contributed by atoms with E-state index in [9.17, 15) is 4.79 Å². The van der Waals surface area contributed by atoms with Crippen molar-refractivity contribution in [3.8, 4) is 0 Å². The Balaban J connectivity index is 2.03. The van der Waals surface area contributed by atoms with Crippen LogP contribution in [0.1, 0.15) is 65.2 Å². The summed E-state index contributed by atoms with van der Waals surface area (Å²) in [5, 5.41) is 3.08. The van der Waals surface area contributed by atoms with Crippen LogP contribution in [-0.2, 0) is 4.79 Å². The highest BCUT2D eigenvalue weighted by Crippen LogP contribution is 2.26. The van der Waals surface area contributed by atoms with Crippen LogP contribution in [0.15, 0.2) is 0 Å². The van der Waals surface area contributed by atoms with Crippen LogP contribution in [-0.4, -0.2) is 18.5 Å². The number of nitrogens with one attached hydrogen (secondary N) is 1. The lowest BCUT2D eigenvalue weighted by atomic mass is 10.0. The number of nitrogens with two attached hydrogens (primary N) is 1. The smallest absolute Gasteiger partial charge is 0.222 e. The zero-order valence-corrected chi connectivity index (χ0v) is 12.1. The topological polar surface area (TPSA) is 55.1 Å². The van der Waals surface area contributed by atoms with E-state index in [4.69, 9.17) is 5.73 Å². The molecule has 2 atom stereocenters. The number of carbonyl (C=O) groups is 1. The van der Waals surface area contributed by atoms with Crippen LogP contribution in [0.5, 0.6) is 0 Å². The van der Waals surface area contributed by atoms with Crippen molar-refractivity contribution in [1.29, 1.82) is 0 Å². The quantitative estimate of drug-likeness (QED) is 0.700. The molecule has 1 saturated carbocycles. The summed E-state index contributed by atoms with van der Waals surface area (Å²) in [5.41, 5.74) is 5.70. The second-order valence-corrected chi connectivity index (χ2v) is 6.04. The minimum Gasteiger partial charge on any atom is -0.356 e. The normalized spacial score (nSPS) is 19.7. The first kappa shape index (κ1) is 15.5. The fourth-order valence-electron chi connectivity index (χ4n) is 2.75. The summed E-state index contributed by atoms with van der Waals surface area (Å²) < 4.78 is 0. The van der Waals surface area contributed by atoms with Crippen LogP contribution >= 0.6 is 0 Å². The lowest BCUT2D eigenvalue weighted by Crippen LogP contribution is -2.31. The van der Waals surface area contributed by atoms with Crippen LogP contribution in [0.4, 0.5) is 0 Å². The van der Waals surface area contributed by atoms with Gasteiger partial charge < -0.3 is 11.1 Å². The van der Waals surface area contributed by atoms with Crippen LogP contribution < -0.4 is 11.1 Å².